The van der Waals surface area contributed by atoms with Crippen LogP contribution in [0.4, 0.5) is 0 Å². The van der Waals surface area contributed by atoms with Crippen molar-refractivity contribution >= 4 is 11.9 Å². The van der Waals surface area contributed by atoms with Crippen molar-refractivity contribution in [3.05, 3.63) is 0 Å². The van der Waals surface area contributed by atoms with Gasteiger partial charge in [-0.2, -0.15) is 0 Å². The van der Waals surface area contributed by atoms with Crippen molar-refractivity contribution in [3.63, 3.8) is 0 Å². The van der Waals surface area contributed by atoms with Gasteiger partial charge in [0.25, 0.3) is 0 Å². The number of esters is 1. The minimum absolute atomic E-state index is 0.108. The first-order valence-electron chi connectivity index (χ1n) is 12.1. The molecule has 13 heteroatoms. The molecular weight excluding hydrogens is 480 g/mol. The fourth-order valence-electron chi connectivity index (χ4n) is 5.34. The molecule has 4 heterocycles. The Morgan fingerprint density at radius 1 is 0.806 bits per heavy atom. The summed E-state index contributed by atoms with van der Waals surface area (Å²) in [7, 11) is 4.27. The number of methoxy groups -OCH3 is 3. The van der Waals surface area contributed by atoms with E-state index in [1.54, 1.807) is 27.7 Å². The highest BCUT2D eigenvalue weighted by Gasteiger charge is 2.59. The highest BCUT2D eigenvalue weighted by atomic mass is 16.8. The van der Waals surface area contributed by atoms with E-state index in [0.717, 1.165) is 0 Å². The van der Waals surface area contributed by atoms with Gasteiger partial charge in [-0.05, 0) is 27.7 Å². The summed E-state index contributed by atoms with van der Waals surface area (Å²) in [5.74, 6) is -2.63. The highest BCUT2D eigenvalue weighted by molar-refractivity contribution is 5.78. The van der Waals surface area contributed by atoms with E-state index in [-0.39, 0.29) is 12.8 Å². The molecule has 0 aliphatic carbocycles. The average molecular weight is 519 g/mol. The van der Waals surface area contributed by atoms with Gasteiger partial charge in [-0.3, -0.25) is 9.59 Å². The van der Waals surface area contributed by atoms with Gasteiger partial charge in [0.15, 0.2) is 24.2 Å². The van der Waals surface area contributed by atoms with Crippen LogP contribution in [0, 0.1) is 0 Å². The molecule has 0 bridgehead atoms. The molecule has 13 nitrogen and oxygen atoms in total. The molecule has 206 valence electrons. The molecule has 4 saturated heterocycles. The maximum atomic E-state index is 13.1. The standard InChI is InChI=1S/C23H38N2O11/c1-22(2)33-16-14(31-20(29-6)18(16)35-22)10(24)8-12(26)25-11(9-13(27)28-5)15-17-19(21(30-7)32-15)36-23(3,4)34-17/h10-11,14-21H,8-9,24H2,1-7H3,(H,25,26)/t10-,11+,14+,15+,16-,17-,18-,19-,20-,21-/m0/s1. The lowest BCUT2D eigenvalue weighted by atomic mass is 9.98. The van der Waals surface area contributed by atoms with Crippen molar-refractivity contribution in [3.8, 4) is 0 Å². The summed E-state index contributed by atoms with van der Waals surface area (Å²) in [6.45, 7) is 7.15. The van der Waals surface area contributed by atoms with Gasteiger partial charge in [0.05, 0.1) is 19.6 Å². The summed E-state index contributed by atoms with van der Waals surface area (Å²) in [5.41, 5.74) is 6.40. The van der Waals surface area contributed by atoms with Crippen LogP contribution in [0.3, 0.4) is 0 Å². The predicted octanol–water partition coefficient (Wildman–Crippen LogP) is -0.465. The van der Waals surface area contributed by atoms with Gasteiger partial charge in [-0.25, -0.2) is 0 Å². The van der Waals surface area contributed by atoms with E-state index in [0.29, 0.717) is 0 Å². The van der Waals surface area contributed by atoms with Gasteiger partial charge >= 0.3 is 5.97 Å². The number of carbonyl (C=O) groups is 2. The molecule has 0 unspecified atom stereocenters. The number of nitrogens with one attached hydrogen (secondary N) is 1. The van der Waals surface area contributed by atoms with Gasteiger partial charge in [0, 0.05) is 26.7 Å². The maximum absolute atomic E-state index is 13.1. The number of rotatable bonds is 9. The molecule has 1 amide bonds. The summed E-state index contributed by atoms with van der Waals surface area (Å²) in [6.07, 6.45) is -5.05. The zero-order valence-corrected chi connectivity index (χ0v) is 21.8. The first kappa shape index (κ1) is 27.6. The number of nitrogens with two attached hydrogens (primary N) is 1. The topological polar surface area (TPSA) is 155 Å². The first-order chi connectivity index (χ1) is 16.9. The van der Waals surface area contributed by atoms with Gasteiger partial charge in [-0.15, -0.1) is 0 Å². The van der Waals surface area contributed by atoms with E-state index in [4.69, 9.17) is 48.4 Å². The second kappa shape index (κ2) is 10.4. The molecule has 10 atom stereocenters. The van der Waals surface area contributed by atoms with Crippen LogP contribution in [-0.2, 0) is 52.2 Å². The highest BCUT2D eigenvalue weighted by Crippen LogP contribution is 2.41. The van der Waals surface area contributed by atoms with Crippen LogP contribution in [0.15, 0.2) is 0 Å². The van der Waals surface area contributed by atoms with Gasteiger partial charge in [-0.1, -0.05) is 0 Å². The Morgan fingerprint density at radius 3 is 1.78 bits per heavy atom. The van der Waals surface area contributed by atoms with E-state index in [2.05, 4.69) is 5.32 Å². The third-order valence-electron chi connectivity index (χ3n) is 6.76. The molecule has 4 rings (SSSR count). The summed E-state index contributed by atoms with van der Waals surface area (Å²) < 4.78 is 51.4. The van der Waals surface area contributed by atoms with Crippen LogP contribution < -0.4 is 11.1 Å². The van der Waals surface area contributed by atoms with Crippen molar-refractivity contribution in [1.82, 2.24) is 5.32 Å². The Labute approximate surface area is 210 Å². The van der Waals surface area contributed by atoms with Crippen LogP contribution in [0.1, 0.15) is 40.5 Å². The van der Waals surface area contributed by atoms with Crippen LogP contribution in [0.2, 0.25) is 0 Å². The fourth-order valence-corrected chi connectivity index (χ4v) is 5.34. The van der Waals surface area contributed by atoms with Crippen LogP contribution >= 0.6 is 0 Å². The van der Waals surface area contributed by atoms with Gasteiger partial charge in [0.2, 0.25) is 5.91 Å². The van der Waals surface area contributed by atoms with Gasteiger partial charge < -0.3 is 53.7 Å². The van der Waals surface area contributed by atoms with Crippen molar-refractivity contribution < 1.29 is 52.2 Å². The largest absolute Gasteiger partial charge is 0.469 e. The zero-order chi connectivity index (χ0) is 26.4. The molecule has 0 radical (unpaired) electrons. The van der Waals surface area contributed by atoms with Crippen LogP contribution in [-0.4, -0.2) is 106 Å². The molecule has 0 spiro atoms. The second-order valence-electron chi connectivity index (χ2n) is 10.4. The Bertz CT molecular complexity index is 824. The lowest BCUT2D eigenvalue weighted by Gasteiger charge is -2.30. The molecule has 3 N–H and O–H groups in total. The normalized spacial score (nSPS) is 39.9. The molecule has 4 fully saturated rings. The fraction of sp³-hybridized carbons (Fsp3) is 0.913. The zero-order valence-electron chi connectivity index (χ0n) is 21.8. The van der Waals surface area contributed by atoms with Gasteiger partial charge in [0.1, 0.15) is 36.6 Å². The smallest absolute Gasteiger partial charge is 0.307 e. The predicted molar refractivity (Wildman–Crippen MR) is 120 cm³/mol. The number of carbonyl (C=O) groups excluding carboxylic acids is 2. The lowest BCUT2D eigenvalue weighted by molar-refractivity contribution is -0.230. The number of hydrogen-bond donors (Lipinski definition) is 2. The van der Waals surface area contributed by atoms with Crippen molar-refractivity contribution in [1.29, 1.82) is 0 Å². The minimum Gasteiger partial charge on any atom is -0.469 e. The molecule has 36 heavy (non-hydrogen) atoms. The maximum Gasteiger partial charge on any atom is 0.307 e. The molecule has 0 saturated carbocycles. The number of ether oxygens (including phenoxy) is 9. The van der Waals surface area contributed by atoms with E-state index >= 15 is 0 Å². The number of fused-ring (bicyclic) bond motifs is 2. The SMILES string of the molecule is COC(=O)C[C@@H](NC(=O)C[C@H](N)[C@H]1O[C@H](OC)[C@H]2OC(C)(C)O[C@H]21)[C@H]1O[C@H](OC)[C@H]2OC(C)(C)O[C@H]21. The molecular formula is C23H38N2O11. The Morgan fingerprint density at radius 2 is 1.28 bits per heavy atom. The monoisotopic (exact) mass is 518 g/mol. The Kier molecular flexibility index (Phi) is 7.97. The summed E-state index contributed by atoms with van der Waals surface area (Å²) in [6, 6.07) is -1.51. The summed E-state index contributed by atoms with van der Waals surface area (Å²) >= 11 is 0. The molecule has 0 aromatic carbocycles. The number of hydrogen-bond acceptors (Lipinski definition) is 12. The molecule has 4 aliphatic rings. The Hall–Kier alpha value is -1.42. The van der Waals surface area contributed by atoms with E-state index < -0.39 is 84.7 Å². The molecule has 0 aromatic heterocycles. The third-order valence-corrected chi connectivity index (χ3v) is 6.76. The quantitative estimate of drug-likeness (QED) is 0.379. The summed E-state index contributed by atoms with van der Waals surface area (Å²) in [5, 5.41) is 2.87. The van der Waals surface area contributed by atoms with E-state index in [1.807, 2.05) is 0 Å². The van der Waals surface area contributed by atoms with E-state index in [9.17, 15) is 9.59 Å². The molecule has 4 aliphatic heterocycles. The Balaban J connectivity index is 1.44. The first-order valence-corrected chi connectivity index (χ1v) is 12.1. The van der Waals surface area contributed by atoms with Crippen LogP contribution in [0.25, 0.3) is 0 Å². The lowest BCUT2D eigenvalue weighted by Crippen LogP contribution is -2.52. The van der Waals surface area contributed by atoms with Crippen LogP contribution in [0.5, 0.6) is 0 Å². The van der Waals surface area contributed by atoms with E-state index in [1.165, 1.54) is 21.3 Å². The third kappa shape index (κ3) is 5.54. The second-order valence-corrected chi connectivity index (χ2v) is 10.4. The summed E-state index contributed by atoms with van der Waals surface area (Å²) in [4.78, 5) is 25.3. The van der Waals surface area contributed by atoms with Crippen molar-refractivity contribution in [2.75, 3.05) is 21.3 Å². The number of amides is 1. The van der Waals surface area contributed by atoms with Crippen molar-refractivity contribution in [2.24, 2.45) is 5.73 Å². The van der Waals surface area contributed by atoms with Crippen molar-refractivity contribution in [2.45, 2.75) is 113 Å². The molecule has 0 aromatic rings. The minimum atomic E-state index is -0.873. The average Bonchev–Trinajstić information content (AvgIpc) is 3.48.